The van der Waals surface area contributed by atoms with Crippen LogP contribution in [0.2, 0.25) is 0 Å². The summed E-state index contributed by atoms with van der Waals surface area (Å²) in [5.74, 6) is 0.813. The first-order valence-corrected chi connectivity index (χ1v) is 10.2. The number of aryl methyl sites for hydroxylation is 1. The molecule has 0 atom stereocenters. The van der Waals surface area contributed by atoms with E-state index in [0.717, 1.165) is 65.1 Å². The topological polar surface area (TPSA) is 81.3 Å². The Morgan fingerprint density at radius 2 is 1.86 bits per heavy atom. The number of nitrogens with zero attached hydrogens (tertiary/aromatic N) is 1. The molecule has 154 valence electrons. The average molecular weight is 395 g/mol. The van der Waals surface area contributed by atoms with Crippen molar-refractivity contribution in [1.82, 2.24) is 9.88 Å². The van der Waals surface area contributed by atoms with Gasteiger partial charge in [0.15, 0.2) is 0 Å². The molecule has 0 aliphatic heterocycles. The lowest BCUT2D eigenvalue weighted by Gasteiger charge is -2.12. The van der Waals surface area contributed by atoms with Crippen molar-refractivity contribution in [3.63, 3.8) is 0 Å². The standard InChI is InChI=1S/C23H30N4O2/c1-4-6-13-25-23(28)26-17-9-7-16(8-10-17)22-21(24)19-12-11-18(29-3)15-20(19)27(22)14-5-2/h7-12,15H,4-6,13-14,24H2,1-3H3,(H2,25,26,28). The Kier molecular flexibility index (Phi) is 6.65. The van der Waals surface area contributed by atoms with Crippen molar-refractivity contribution in [1.29, 1.82) is 0 Å². The van der Waals surface area contributed by atoms with E-state index in [1.165, 1.54) is 0 Å². The molecule has 3 aromatic rings. The number of carbonyl (C=O) groups excluding carboxylic acids is 1. The zero-order valence-corrected chi connectivity index (χ0v) is 17.4. The second-order valence-corrected chi connectivity index (χ2v) is 7.11. The summed E-state index contributed by atoms with van der Waals surface area (Å²) in [6.45, 7) is 5.78. The Balaban J connectivity index is 1.90. The second kappa shape index (κ2) is 9.37. The quantitative estimate of drug-likeness (QED) is 0.458. The molecule has 0 saturated carbocycles. The summed E-state index contributed by atoms with van der Waals surface area (Å²) in [4.78, 5) is 12.0. The van der Waals surface area contributed by atoms with Gasteiger partial charge in [-0.1, -0.05) is 32.4 Å². The van der Waals surface area contributed by atoms with Gasteiger partial charge in [0.1, 0.15) is 5.75 Å². The van der Waals surface area contributed by atoms with Gasteiger partial charge in [0.05, 0.1) is 24.0 Å². The van der Waals surface area contributed by atoms with Gasteiger partial charge in [-0.05, 0) is 37.1 Å². The SMILES string of the molecule is CCCCNC(=O)Nc1ccc(-c2c(N)c3ccc(OC)cc3n2CCC)cc1. The van der Waals surface area contributed by atoms with Crippen molar-refractivity contribution < 1.29 is 9.53 Å². The molecule has 0 fully saturated rings. The maximum Gasteiger partial charge on any atom is 0.319 e. The molecular weight excluding hydrogens is 364 g/mol. The van der Waals surface area contributed by atoms with Gasteiger partial charge in [-0.15, -0.1) is 0 Å². The summed E-state index contributed by atoms with van der Waals surface area (Å²) < 4.78 is 7.64. The highest BCUT2D eigenvalue weighted by Gasteiger charge is 2.17. The highest BCUT2D eigenvalue weighted by Crippen LogP contribution is 2.38. The molecule has 2 amide bonds. The summed E-state index contributed by atoms with van der Waals surface area (Å²) >= 11 is 0. The van der Waals surface area contributed by atoms with Crippen molar-refractivity contribution in [2.24, 2.45) is 0 Å². The molecule has 1 heterocycles. The molecule has 0 saturated heterocycles. The molecule has 4 N–H and O–H groups in total. The highest BCUT2D eigenvalue weighted by atomic mass is 16.5. The van der Waals surface area contributed by atoms with Crippen molar-refractivity contribution in [3.05, 3.63) is 42.5 Å². The summed E-state index contributed by atoms with van der Waals surface area (Å²) in [6, 6.07) is 13.6. The number of fused-ring (bicyclic) bond motifs is 1. The van der Waals surface area contributed by atoms with Gasteiger partial charge in [0.2, 0.25) is 0 Å². The minimum Gasteiger partial charge on any atom is -0.497 e. The fraction of sp³-hybridized carbons (Fsp3) is 0.348. The third kappa shape index (κ3) is 4.47. The predicted octanol–water partition coefficient (Wildman–Crippen LogP) is 5.23. The van der Waals surface area contributed by atoms with Crippen LogP contribution in [0.15, 0.2) is 42.5 Å². The van der Waals surface area contributed by atoms with Gasteiger partial charge in [-0.3, -0.25) is 0 Å². The molecule has 1 aromatic heterocycles. The van der Waals surface area contributed by atoms with E-state index in [1.54, 1.807) is 7.11 Å². The van der Waals surface area contributed by atoms with Crippen LogP contribution >= 0.6 is 0 Å². The zero-order chi connectivity index (χ0) is 20.8. The maximum absolute atomic E-state index is 12.0. The van der Waals surface area contributed by atoms with Gasteiger partial charge >= 0.3 is 6.03 Å². The van der Waals surface area contributed by atoms with Crippen molar-refractivity contribution in [3.8, 4) is 17.0 Å². The molecule has 6 nitrogen and oxygen atoms in total. The number of nitrogen functional groups attached to an aromatic ring is 1. The molecule has 2 aromatic carbocycles. The van der Waals surface area contributed by atoms with E-state index in [2.05, 4.69) is 29.0 Å². The number of benzene rings is 2. The Morgan fingerprint density at radius 3 is 2.52 bits per heavy atom. The molecule has 29 heavy (non-hydrogen) atoms. The molecule has 0 aliphatic rings. The smallest absolute Gasteiger partial charge is 0.319 e. The third-order valence-corrected chi connectivity index (χ3v) is 4.99. The molecule has 6 heteroatoms. The third-order valence-electron chi connectivity index (χ3n) is 4.99. The number of carbonyl (C=O) groups is 1. The van der Waals surface area contributed by atoms with Gasteiger partial charge in [0.25, 0.3) is 0 Å². The molecule has 0 radical (unpaired) electrons. The van der Waals surface area contributed by atoms with E-state index in [4.69, 9.17) is 10.5 Å². The monoisotopic (exact) mass is 394 g/mol. The molecule has 0 unspecified atom stereocenters. The molecule has 0 spiro atoms. The van der Waals surface area contributed by atoms with Crippen molar-refractivity contribution in [2.75, 3.05) is 24.7 Å². The average Bonchev–Trinajstić information content (AvgIpc) is 3.00. The zero-order valence-electron chi connectivity index (χ0n) is 17.4. The lowest BCUT2D eigenvalue weighted by Crippen LogP contribution is -2.29. The van der Waals surface area contributed by atoms with Gasteiger partial charge < -0.3 is 25.7 Å². The first kappa shape index (κ1) is 20.6. The number of hydrogen-bond acceptors (Lipinski definition) is 3. The summed E-state index contributed by atoms with van der Waals surface area (Å²) in [6.07, 6.45) is 3.01. The molecule has 3 rings (SSSR count). The normalized spacial score (nSPS) is 10.9. The van der Waals surface area contributed by atoms with Gasteiger partial charge in [-0.2, -0.15) is 0 Å². The van der Waals surface area contributed by atoms with Crippen LogP contribution < -0.4 is 21.1 Å². The first-order chi connectivity index (χ1) is 14.1. The van der Waals surface area contributed by atoms with Crippen molar-refractivity contribution in [2.45, 2.75) is 39.7 Å². The van der Waals surface area contributed by atoms with E-state index in [1.807, 2.05) is 42.5 Å². The minimum atomic E-state index is -0.182. The lowest BCUT2D eigenvalue weighted by atomic mass is 10.1. The van der Waals surface area contributed by atoms with Crippen LogP contribution in [0.3, 0.4) is 0 Å². The number of anilines is 2. The van der Waals surface area contributed by atoms with Crippen LogP contribution in [-0.4, -0.2) is 24.3 Å². The van der Waals surface area contributed by atoms with E-state index < -0.39 is 0 Å². The number of amides is 2. The Bertz CT molecular complexity index is 977. The number of aromatic nitrogens is 1. The van der Waals surface area contributed by atoms with E-state index in [-0.39, 0.29) is 6.03 Å². The molecule has 0 aliphatic carbocycles. The number of nitrogens with two attached hydrogens (primary N) is 1. The van der Waals surface area contributed by atoms with Crippen molar-refractivity contribution >= 4 is 28.3 Å². The summed E-state index contributed by atoms with van der Waals surface area (Å²) in [5.41, 5.74) is 11.1. The summed E-state index contributed by atoms with van der Waals surface area (Å²) in [5, 5.41) is 6.75. The fourth-order valence-electron chi connectivity index (χ4n) is 3.52. The number of ether oxygens (including phenoxy) is 1. The van der Waals surface area contributed by atoms with E-state index >= 15 is 0 Å². The highest BCUT2D eigenvalue weighted by molar-refractivity contribution is 6.01. The minimum absolute atomic E-state index is 0.182. The number of rotatable bonds is 8. The Labute approximate surface area is 172 Å². The predicted molar refractivity (Wildman–Crippen MR) is 121 cm³/mol. The van der Waals surface area contributed by atoms with Crippen LogP contribution in [0.1, 0.15) is 33.1 Å². The van der Waals surface area contributed by atoms with E-state index in [9.17, 15) is 4.79 Å². The number of hydrogen-bond donors (Lipinski definition) is 3. The maximum atomic E-state index is 12.0. The second-order valence-electron chi connectivity index (χ2n) is 7.11. The molecule has 0 bridgehead atoms. The largest absolute Gasteiger partial charge is 0.497 e. The van der Waals surface area contributed by atoms with Gasteiger partial charge in [-0.25, -0.2) is 4.79 Å². The molecular formula is C23H30N4O2. The number of urea groups is 1. The Hall–Kier alpha value is -3.15. The van der Waals surface area contributed by atoms with Crippen LogP contribution in [0.25, 0.3) is 22.2 Å². The van der Waals surface area contributed by atoms with Crippen LogP contribution in [0.4, 0.5) is 16.2 Å². The number of unbranched alkanes of at least 4 members (excludes halogenated alkanes) is 1. The number of methoxy groups -OCH3 is 1. The van der Waals surface area contributed by atoms with E-state index in [0.29, 0.717) is 6.54 Å². The fourth-order valence-corrected chi connectivity index (χ4v) is 3.52. The van der Waals surface area contributed by atoms with Crippen LogP contribution in [-0.2, 0) is 6.54 Å². The first-order valence-electron chi connectivity index (χ1n) is 10.2. The number of nitrogens with one attached hydrogen (secondary N) is 2. The summed E-state index contributed by atoms with van der Waals surface area (Å²) in [7, 11) is 1.67. The van der Waals surface area contributed by atoms with Gasteiger partial charge in [0, 0.05) is 35.8 Å². The lowest BCUT2D eigenvalue weighted by molar-refractivity contribution is 0.252. The van der Waals surface area contributed by atoms with Crippen LogP contribution in [0, 0.1) is 0 Å². The van der Waals surface area contributed by atoms with Crippen LogP contribution in [0.5, 0.6) is 5.75 Å². The Morgan fingerprint density at radius 1 is 1.10 bits per heavy atom.